The lowest BCUT2D eigenvalue weighted by molar-refractivity contribution is -0.126. The summed E-state index contributed by atoms with van der Waals surface area (Å²) >= 11 is 0. The average Bonchev–Trinajstić information content (AvgIpc) is 2.31. The van der Waals surface area contributed by atoms with Crippen molar-refractivity contribution in [3.8, 4) is 0 Å². The van der Waals surface area contributed by atoms with Crippen LogP contribution in [0.2, 0.25) is 0 Å². The number of ether oxygens (including phenoxy) is 1. The maximum absolute atomic E-state index is 10.8. The van der Waals surface area contributed by atoms with Crippen molar-refractivity contribution in [2.75, 3.05) is 13.2 Å². The van der Waals surface area contributed by atoms with Crippen LogP contribution in [0.25, 0.3) is 0 Å². The van der Waals surface area contributed by atoms with Crippen LogP contribution in [0.5, 0.6) is 0 Å². The average molecular weight is 142 g/mol. The Hall–Kier alpha value is -0.570. The Morgan fingerprint density at radius 2 is 2.60 bits per heavy atom. The van der Waals surface area contributed by atoms with Gasteiger partial charge in [0, 0.05) is 0 Å². The van der Waals surface area contributed by atoms with Gasteiger partial charge in [-0.2, -0.15) is 0 Å². The molecule has 0 atom stereocenters. The highest BCUT2D eigenvalue weighted by molar-refractivity contribution is 5.79. The van der Waals surface area contributed by atoms with E-state index in [4.69, 9.17) is 4.74 Å². The van der Waals surface area contributed by atoms with Crippen molar-refractivity contribution in [1.82, 2.24) is 4.90 Å². The zero-order chi connectivity index (χ0) is 7.40. The summed E-state index contributed by atoms with van der Waals surface area (Å²) in [6.07, 6.45) is 2.16. The first-order valence-electron chi connectivity index (χ1n) is 3.59. The van der Waals surface area contributed by atoms with Crippen LogP contribution < -0.4 is 0 Å². The molecule has 3 heteroatoms. The van der Waals surface area contributed by atoms with Crippen LogP contribution in [-0.4, -0.2) is 24.0 Å². The van der Waals surface area contributed by atoms with E-state index in [1.54, 1.807) is 4.90 Å². The zero-order valence-electron chi connectivity index (χ0n) is 6.17. The Morgan fingerprint density at radius 1 is 1.80 bits per heavy atom. The van der Waals surface area contributed by atoms with Crippen LogP contribution >= 0.6 is 0 Å². The Labute approximate surface area is 61.0 Å². The molecule has 0 saturated carbocycles. The fraction of sp³-hybridized carbons (Fsp3) is 0.714. The minimum atomic E-state index is 0.0773. The van der Waals surface area contributed by atoms with Crippen LogP contribution in [0.4, 0.5) is 0 Å². The summed E-state index contributed by atoms with van der Waals surface area (Å²) in [4.78, 5) is 12.5. The number of nitrogens with zero attached hydrogens (tertiary/aromatic N) is 1. The van der Waals surface area contributed by atoms with Gasteiger partial charge in [0.15, 0.2) is 0 Å². The third-order valence-corrected chi connectivity index (χ3v) is 1.48. The monoisotopic (exact) mass is 142 g/mol. The molecule has 1 rings (SSSR count). The van der Waals surface area contributed by atoms with Crippen molar-refractivity contribution < 1.29 is 9.53 Å². The maximum Gasteiger partial charge on any atom is 0.218 e. The molecular weight excluding hydrogens is 130 g/mol. The molecule has 0 aromatic heterocycles. The standard InChI is InChI=1S/C7H12NO2/c1-2-3-4-8-6-10-5-7(8)9/h6H,2-5H2,1H3/q-1. The van der Waals surface area contributed by atoms with Gasteiger partial charge in [-0.15, -0.1) is 6.73 Å². The van der Waals surface area contributed by atoms with Gasteiger partial charge in [-0.25, -0.2) is 0 Å². The van der Waals surface area contributed by atoms with Crippen molar-refractivity contribution in [1.29, 1.82) is 0 Å². The van der Waals surface area contributed by atoms with Gasteiger partial charge < -0.3 is 9.64 Å². The molecule has 1 aliphatic heterocycles. The number of unbranched alkanes of at least 4 members (excludes halogenated alkanes) is 1. The van der Waals surface area contributed by atoms with Crippen LogP contribution in [0, 0.1) is 6.73 Å². The molecule has 3 nitrogen and oxygen atoms in total. The molecule has 0 aromatic carbocycles. The quantitative estimate of drug-likeness (QED) is 0.544. The predicted molar refractivity (Wildman–Crippen MR) is 36.9 cm³/mol. The van der Waals surface area contributed by atoms with Crippen LogP contribution in [-0.2, 0) is 9.53 Å². The molecule has 1 heterocycles. The largest absolute Gasteiger partial charge is 0.525 e. The lowest BCUT2D eigenvalue weighted by Gasteiger charge is -2.22. The summed E-state index contributed by atoms with van der Waals surface area (Å²) in [7, 11) is 0. The molecule has 1 aliphatic rings. The zero-order valence-corrected chi connectivity index (χ0v) is 6.17. The Kier molecular flexibility index (Phi) is 2.68. The first-order valence-corrected chi connectivity index (χ1v) is 3.59. The number of carbonyl (C=O) groups is 1. The molecule has 58 valence electrons. The van der Waals surface area contributed by atoms with E-state index in [0.717, 1.165) is 19.4 Å². The predicted octanol–water partition coefficient (Wildman–Crippen LogP) is 0.765. The highest BCUT2D eigenvalue weighted by Gasteiger charge is 2.09. The summed E-state index contributed by atoms with van der Waals surface area (Å²) in [5, 5.41) is 0. The molecule has 1 fully saturated rings. The molecule has 0 aliphatic carbocycles. The van der Waals surface area contributed by atoms with Gasteiger partial charge in [-0.1, -0.05) is 13.3 Å². The second kappa shape index (κ2) is 3.56. The van der Waals surface area contributed by atoms with Gasteiger partial charge in [-0.05, 0) is 13.0 Å². The van der Waals surface area contributed by atoms with E-state index in [1.165, 1.54) is 6.73 Å². The molecule has 0 bridgehead atoms. The van der Waals surface area contributed by atoms with E-state index < -0.39 is 0 Å². The van der Waals surface area contributed by atoms with Crippen molar-refractivity contribution >= 4 is 5.91 Å². The van der Waals surface area contributed by atoms with E-state index in [1.807, 2.05) is 0 Å². The topological polar surface area (TPSA) is 29.5 Å². The Morgan fingerprint density at radius 3 is 3.10 bits per heavy atom. The summed E-state index contributed by atoms with van der Waals surface area (Å²) in [6, 6.07) is 0. The Balaban J connectivity index is 2.20. The molecule has 0 unspecified atom stereocenters. The van der Waals surface area contributed by atoms with Gasteiger partial charge in [0.1, 0.15) is 0 Å². The summed E-state index contributed by atoms with van der Waals surface area (Å²) in [6.45, 7) is 4.64. The van der Waals surface area contributed by atoms with E-state index in [-0.39, 0.29) is 12.5 Å². The second-order valence-electron chi connectivity index (χ2n) is 2.36. The fourth-order valence-electron chi connectivity index (χ4n) is 0.846. The summed E-state index contributed by atoms with van der Waals surface area (Å²) in [5.74, 6) is 0.0773. The van der Waals surface area contributed by atoms with E-state index in [0.29, 0.717) is 0 Å². The number of hydrogen-bond donors (Lipinski definition) is 0. The van der Waals surface area contributed by atoms with Crippen LogP contribution in [0.3, 0.4) is 0 Å². The minimum absolute atomic E-state index is 0.0773. The van der Waals surface area contributed by atoms with E-state index in [2.05, 4.69) is 6.92 Å². The van der Waals surface area contributed by atoms with E-state index >= 15 is 0 Å². The molecule has 0 aromatic rings. The smallest absolute Gasteiger partial charge is 0.218 e. The lowest BCUT2D eigenvalue weighted by Crippen LogP contribution is -2.23. The molecule has 0 radical (unpaired) electrons. The van der Waals surface area contributed by atoms with Gasteiger partial charge >= 0.3 is 0 Å². The second-order valence-corrected chi connectivity index (χ2v) is 2.36. The van der Waals surface area contributed by atoms with Crippen molar-refractivity contribution in [2.45, 2.75) is 19.8 Å². The van der Waals surface area contributed by atoms with Gasteiger partial charge in [0.05, 0.1) is 6.61 Å². The molecule has 10 heavy (non-hydrogen) atoms. The first kappa shape index (κ1) is 7.54. The number of amides is 1. The summed E-state index contributed by atoms with van der Waals surface area (Å²) < 4.78 is 4.82. The van der Waals surface area contributed by atoms with Crippen LogP contribution in [0.1, 0.15) is 19.8 Å². The SMILES string of the molecule is CCCCN1[CH-]OCC1=O. The van der Waals surface area contributed by atoms with Crippen molar-refractivity contribution in [3.63, 3.8) is 0 Å². The summed E-state index contributed by atoms with van der Waals surface area (Å²) in [5.41, 5.74) is 0. The van der Waals surface area contributed by atoms with Crippen LogP contribution in [0.15, 0.2) is 0 Å². The molecule has 1 saturated heterocycles. The Bertz CT molecular complexity index is 125. The minimum Gasteiger partial charge on any atom is -0.525 e. The molecule has 0 N–H and O–H groups in total. The van der Waals surface area contributed by atoms with Crippen molar-refractivity contribution in [3.05, 3.63) is 6.73 Å². The highest BCUT2D eigenvalue weighted by Crippen LogP contribution is 2.06. The lowest BCUT2D eigenvalue weighted by atomic mass is 10.3. The molecule has 1 amide bonds. The van der Waals surface area contributed by atoms with Gasteiger partial charge in [0.2, 0.25) is 5.91 Å². The fourth-order valence-corrected chi connectivity index (χ4v) is 0.846. The highest BCUT2D eigenvalue weighted by atomic mass is 16.5. The van der Waals surface area contributed by atoms with Crippen molar-refractivity contribution in [2.24, 2.45) is 0 Å². The molecule has 0 spiro atoms. The van der Waals surface area contributed by atoms with Gasteiger partial charge in [0.25, 0.3) is 0 Å². The normalized spacial score (nSPS) is 18.5. The number of rotatable bonds is 3. The number of hydrogen-bond acceptors (Lipinski definition) is 2. The number of carbonyl (C=O) groups excluding carboxylic acids is 1. The first-order chi connectivity index (χ1) is 4.84. The molecular formula is C7H12NO2-. The van der Waals surface area contributed by atoms with Gasteiger partial charge in [-0.3, -0.25) is 4.79 Å². The third kappa shape index (κ3) is 1.70. The third-order valence-electron chi connectivity index (χ3n) is 1.48. The maximum atomic E-state index is 10.8. The van der Waals surface area contributed by atoms with E-state index in [9.17, 15) is 4.79 Å².